The molecule has 0 saturated heterocycles. The molecule has 8 heteroatoms. The molecule has 34 heavy (non-hydrogen) atoms. The van der Waals surface area contributed by atoms with E-state index in [1.165, 1.54) is 17.4 Å². The molecule has 0 saturated carbocycles. The van der Waals surface area contributed by atoms with Gasteiger partial charge in [0, 0.05) is 23.6 Å². The maximum absolute atomic E-state index is 12.6. The molecule has 7 nitrogen and oxygen atoms in total. The molecule has 0 radical (unpaired) electrons. The van der Waals surface area contributed by atoms with Gasteiger partial charge in [0.2, 0.25) is 0 Å². The number of hydrogen-bond donors (Lipinski definition) is 1. The average Bonchev–Trinajstić information content (AvgIpc) is 3.05. The highest BCUT2D eigenvalue weighted by Crippen LogP contribution is 2.29. The summed E-state index contributed by atoms with van der Waals surface area (Å²) in [7, 11) is 0. The number of rotatable bonds is 9. The first kappa shape index (κ1) is 27.4. The van der Waals surface area contributed by atoms with E-state index in [0.717, 1.165) is 5.56 Å². The van der Waals surface area contributed by atoms with Crippen LogP contribution in [0.3, 0.4) is 0 Å². The van der Waals surface area contributed by atoms with Gasteiger partial charge in [-0.25, -0.2) is 0 Å². The van der Waals surface area contributed by atoms with Gasteiger partial charge >= 0.3 is 0 Å². The van der Waals surface area contributed by atoms with Crippen molar-refractivity contribution in [2.75, 3.05) is 13.2 Å². The van der Waals surface area contributed by atoms with Crippen LogP contribution in [0.25, 0.3) is 12.2 Å². The third kappa shape index (κ3) is 7.32. The lowest BCUT2D eigenvalue weighted by molar-refractivity contribution is -0.137. The van der Waals surface area contributed by atoms with Crippen LogP contribution >= 0.6 is 11.3 Å². The Bertz CT molecular complexity index is 1180. The van der Waals surface area contributed by atoms with Gasteiger partial charge in [-0.3, -0.25) is 14.4 Å². The third-order valence-electron chi connectivity index (χ3n) is 5.00. The molecule has 0 unspecified atom stereocenters. The van der Waals surface area contributed by atoms with Crippen LogP contribution in [0.5, 0.6) is 11.5 Å². The van der Waals surface area contributed by atoms with Crippen LogP contribution in [0.1, 0.15) is 61.0 Å². The summed E-state index contributed by atoms with van der Waals surface area (Å²) in [5, 5.41) is 0. The molecule has 2 rings (SSSR count). The highest BCUT2D eigenvalue weighted by molar-refractivity contribution is 7.07. The number of aromatic amines is 1. The number of carbonyl (C=O) groups is 2. The number of nitrogens with one attached hydrogen (secondary N) is 1. The number of ketones is 1. The van der Waals surface area contributed by atoms with Crippen molar-refractivity contribution in [1.82, 2.24) is 9.88 Å². The molecule has 0 aliphatic carbocycles. The maximum atomic E-state index is 12.6. The fraction of sp³-hybridized carbons (Fsp3) is 0.500. The standard InChI is InChI=1S/C26H36N2O5S/c1-9-32-20-12-18(10-11-19(20)33-15-24(30)28(16(2)3)17(4)5)13-21-25(31)27-23(34-21)14-22(29)26(6,7)8/h10-14,16-17H,9,15H2,1-8H3,(H,27,31). The number of Topliss-reactive ketones (excluding diaryl/α,β-unsaturated/α-hetero) is 1. The highest BCUT2D eigenvalue weighted by Gasteiger charge is 2.21. The van der Waals surface area contributed by atoms with Crippen LogP contribution in [0.15, 0.2) is 23.0 Å². The van der Waals surface area contributed by atoms with Crippen LogP contribution in [0.2, 0.25) is 0 Å². The van der Waals surface area contributed by atoms with Crippen LogP contribution in [-0.4, -0.2) is 46.9 Å². The van der Waals surface area contributed by atoms with Crippen molar-refractivity contribution in [3.8, 4) is 11.5 Å². The monoisotopic (exact) mass is 488 g/mol. The van der Waals surface area contributed by atoms with Crippen LogP contribution in [0.4, 0.5) is 0 Å². The van der Waals surface area contributed by atoms with E-state index in [2.05, 4.69) is 4.98 Å². The van der Waals surface area contributed by atoms with Gasteiger partial charge in [-0.05, 0) is 58.4 Å². The van der Waals surface area contributed by atoms with Crippen molar-refractivity contribution in [2.24, 2.45) is 5.41 Å². The Morgan fingerprint density at radius 3 is 2.29 bits per heavy atom. The quantitative estimate of drug-likeness (QED) is 0.586. The van der Waals surface area contributed by atoms with E-state index < -0.39 is 5.41 Å². The molecule has 1 N–H and O–H groups in total. The van der Waals surface area contributed by atoms with Crippen molar-refractivity contribution in [3.05, 3.63) is 43.3 Å². The van der Waals surface area contributed by atoms with Crippen molar-refractivity contribution in [1.29, 1.82) is 0 Å². The topological polar surface area (TPSA) is 88.7 Å². The zero-order chi connectivity index (χ0) is 25.6. The SMILES string of the molecule is CCOc1cc(C=c2sc(=CC(=O)C(C)(C)C)[nH]c2=O)ccc1OCC(=O)N(C(C)C)C(C)C. The summed E-state index contributed by atoms with van der Waals surface area (Å²) in [6.07, 6.45) is 3.21. The van der Waals surface area contributed by atoms with E-state index in [1.54, 1.807) is 29.2 Å². The van der Waals surface area contributed by atoms with Crippen LogP contribution < -0.4 is 24.2 Å². The first-order valence-corrected chi connectivity index (χ1v) is 12.3. The van der Waals surface area contributed by atoms with E-state index in [0.29, 0.717) is 27.3 Å². The van der Waals surface area contributed by atoms with Gasteiger partial charge in [-0.2, -0.15) is 0 Å². The van der Waals surface area contributed by atoms with Gasteiger partial charge in [0.05, 0.1) is 15.8 Å². The molecule has 1 aromatic heterocycles. The number of nitrogens with zero attached hydrogens (tertiary/aromatic N) is 1. The third-order valence-corrected chi connectivity index (χ3v) is 5.96. The number of carbonyl (C=O) groups excluding carboxylic acids is 2. The molecule has 186 valence electrons. The highest BCUT2D eigenvalue weighted by atomic mass is 32.1. The van der Waals surface area contributed by atoms with Gasteiger partial charge in [-0.15, -0.1) is 11.3 Å². The van der Waals surface area contributed by atoms with Gasteiger partial charge in [0.25, 0.3) is 11.5 Å². The normalized spacial score (nSPS) is 13.0. The summed E-state index contributed by atoms with van der Waals surface area (Å²) in [5.41, 5.74) is -0.0334. The Morgan fingerprint density at radius 1 is 1.09 bits per heavy atom. The molecule has 0 atom stereocenters. The molecule has 0 spiro atoms. The van der Waals surface area contributed by atoms with Gasteiger partial charge in [-0.1, -0.05) is 26.8 Å². The van der Waals surface area contributed by atoms with Gasteiger partial charge in [0.15, 0.2) is 23.9 Å². The Hall–Kier alpha value is -2.87. The molecule has 0 aliphatic rings. The second-order valence-electron chi connectivity index (χ2n) is 9.60. The molecular weight excluding hydrogens is 452 g/mol. The minimum absolute atomic E-state index is 0.0558. The molecule has 1 aromatic carbocycles. The molecular formula is C26H36N2O5S. The smallest absolute Gasteiger partial charge is 0.266 e. The predicted molar refractivity (Wildman–Crippen MR) is 137 cm³/mol. The number of hydrogen-bond acceptors (Lipinski definition) is 6. The van der Waals surface area contributed by atoms with E-state index >= 15 is 0 Å². The zero-order valence-corrected chi connectivity index (χ0v) is 22.2. The first-order valence-electron chi connectivity index (χ1n) is 11.5. The number of H-pyrrole nitrogens is 1. The number of amides is 1. The summed E-state index contributed by atoms with van der Waals surface area (Å²) >= 11 is 1.22. The Morgan fingerprint density at radius 2 is 1.74 bits per heavy atom. The fourth-order valence-electron chi connectivity index (χ4n) is 3.40. The predicted octanol–water partition coefficient (Wildman–Crippen LogP) is 3.08. The summed E-state index contributed by atoms with van der Waals surface area (Å²) in [5.74, 6) is 0.804. The van der Waals surface area contributed by atoms with E-state index in [4.69, 9.17) is 9.47 Å². The summed E-state index contributed by atoms with van der Waals surface area (Å²) in [6.45, 7) is 15.6. The van der Waals surface area contributed by atoms with Gasteiger partial charge in [0.1, 0.15) is 0 Å². The van der Waals surface area contributed by atoms with Crippen molar-refractivity contribution < 1.29 is 19.1 Å². The lowest BCUT2D eigenvalue weighted by Crippen LogP contribution is -2.44. The van der Waals surface area contributed by atoms with Crippen molar-refractivity contribution >= 4 is 35.2 Å². The van der Waals surface area contributed by atoms with Crippen molar-refractivity contribution in [2.45, 2.75) is 67.5 Å². The lowest BCUT2D eigenvalue weighted by Gasteiger charge is -2.30. The molecule has 1 heterocycles. The van der Waals surface area contributed by atoms with Crippen molar-refractivity contribution in [3.63, 3.8) is 0 Å². The number of aromatic nitrogens is 1. The Kier molecular flexibility index (Phi) is 9.27. The molecule has 0 bridgehead atoms. The minimum atomic E-state index is -0.518. The largest absolute Gasteiger partial charge is 0.490 e. The lowest BCUT2D eigenvalue weighted by atomic mass is 9.91. The molecule has 0 fully saturated rings. The number of benzene rings is 1. The van der Waals surface area contributed by atoms with E-state index in [9.17, 15) is 14.4 Å². The summed E-state index contributed by atoms with van der Waals surface area (Å²) in [4.78, 5) is 41.8. The zero-order valence-electron chi connectivity index (χ0n) is 21.4. The van der Waals surface area contributed by atoms with Gasteiger partial charge < -0.3 is 19.4 Å². The molecule has 0 aliphatic heterocycles. The maximum Gasteiger partial charge on any atom is 0.266 e. The summed E-state index contributed by atoms with van der Waals surface area (Å²) < 4.78 is 12.5. The minimum Gasteiger partial charge on any atom is -0.490 e. The second kappa shape index (κ2) is 11.5. The van der Waals surface area contributed by atoms with Crippen LogP contribution in [-0.2, 0) is 9.59 Å². The number of thiazole rings is 1. The first-order chi connectivity index (χ1) is 15.8. The Labute approximate surface area is 205 Å². The van der Waals surface area contributed by atoms with Crippen LogP contribution in [0, 0.1) is 5.41 Å². The number of ether oxygens (including phenoxy) is 2. The molecule has 1 amide bonds. The second-order valence-corrected chi connectivity index (χ2v) is 10.7. The average molecular weight is 489 g/mol. The summed E-state index contributed by atoms with van der Waals surface area (Å²) in [6, 6.07) is 5.45. The van der Waals surface area contributed by atoms with E-state index in [-0.39, 0.29) is 35.9 Å². The fourth-order valence-corrected chi connectivity index (χ4v) is 4.28. The molecule has 2 aromatic rings. The Balaban J connectivity index is 2.32. The van der Waals surface area contributed by atoms with E-state index in [1.807, 2.05) is 55.4 Å².